The molecule has 6 heteroatoms. The quantitative estimate of drug-likeness (QED) is 0.853. The largest absolute Gasteiger partial charge is 0.368 e. The van der Waals surface area contributed by atoms with Gasteiger partial charge in [-0.25, -0.2) is 9.50 Å². The number of carbonyl (C=O) groups is 1. The summed E-state index contributed by atoms with van der Waals surface area (Å²) in [6.45, 7) is 4.76. The maximum atomic E-state index is 11.2. The highest BCUT2D eigenvalue weighted by atomic mass is 16.1. The lowest BCUT2D eigenvalue weighted by molar-refractivity contribution is -0.120. The van der Waals surface area contributed by atoms with Gasteiger partial charge in [-0.2, -0.15) is 5.10 Å². The van der Waals surface area contributed by atoms with Crippen molar-refractivity contribution in [3.8, 4) is 0 Å². The number of nitrogens with zero attached hydrogens (tertiary/aromatic N) is 3. The number of rotatable bonds is 5. The fourth-order valence-electron chi connectivity index (χ4n) is 1.78. The van der Waals surface area contributed by atoms with Crippen molar-refractivity contribution in [3.63, 3.8) is 0 Å². The molecule has 0 radical (unpaired) electrons. The Bertz CT molecular complexity index is 575. The molecule has 0 aromatic carbocycles. The van der Waals surface area contributed by atoms with Crippen molar-refractivity contribution in [2.45, 2.75) is 26.2 Å². The van der Waals surface area contributed by atoms with Gasteiger partial charge in [0.25, 0.3) is 0 Å². The molecule has 1 amide bonds. The molecule has 0 aliphatic heterocycles. The van der Waals surface area contributed by atoms with Gasteiger partial charge in [-0.3, -0.25) is 4.79 Å². The molecule has 0 aliphatic rings. The summed E-state index contributed by atoms with van der Waals surface area (Å²) in [5.41, 5.74) is 1.96. The molecule has 102 valence electrons. The molecule has 0 saturated carbocycles. The summed E-state index contributed by atoms with van der Waals surface area (Å²) in [7, 11) is 1.63. The second kappa shape index (κ2) is 5.69. The summed E-state index contributed by atoms with van der Waals surface area (Å²) in [6.07, 6.45) is 3.95. The number of nitrogens with one attached hydrogen (secondary N) is 2. The molecule has 0 unspecified atom stereocenters. The predicted octanol–water partition coefficient (Wildman–Crippen LogP) is 1.40. The number of hydrogen-bond acceptors (Lipinski definition) is 4. The van der Waals surface area contributed by atoms with E-state index in [0.29, 0.717) is 18.9 Å². The Morgan fingerprint density at radius 1 is 1.47 bits per heavy atom. The third-order valence-corrected chi connectivity index (χ3v) is 2.92. The first-order valence-electron chi connectivity index (χ1n) is 6.40. The Balaban J connectivity index is 2.16. The number of hydrogen-bond donors (Lipinski definition) is 2. The third-order valence-electron chi connectivity index (χ3n) is 2.92. The van der Waals surface area contributed by atoms with Gasteiger partial charge in [0.2, 0.25) is 5.91 Å². The van der Waals surface area contributed by atoms with E-state index in [1.54, 1.807) is 13.2 Å². The van der Waals surface area contributed by atoms with Crippen molar-refractivity contribution < 1.29 is 4.79 Å². The molecule has 2 aromatic rings. The standard InChI is InChI=1S/C13H19N5O/c1-9(2)10-8-11-13(15-5-4-12(19)14-3)16-6-7-18(11)17-10/h6-9H,4-5H2,1-3H3,(H,14,19)(H,15,16). The molecule has 2 N–H and O–H groups in total. The molecule has 2 aromatic heterocycles. The Kier molecular flexibility index (Phi) is 3.99. The van der Waals surface area contributed by atoms with Crippen molar-refractivity contribution in [2.24, 2.45) is 0 Å². The van der Waals surface area contributed by atoms with Crippen LogP contribution < -0.4 is 10.6 Å². The Labute approximate surface area is 112 Å². The number of aromatic nitrogens is 3. The summed E-state index contributed by atoms with van der Waals surface area (Å²) in [6, 6.07) is 2.03. The molecule has 2 heterocycles. The number of fused-ring (bicyclic) bond motifs is 1. The average Bonchev–Trinajstić information content (AvgIpc) is 2.83. The zero-order valence-corrected chi connectivity index (χ0v) is 11.5. The molecule has 0 aliphatic carbocycles. The molecule has 2 rings (SSSR count). The van der Waals surface area contributed by atoms with E-state index in [0.717, 1.165) is 17.0 Å². The van der Waals surface area contributed by atoms with Crippen molar-refractivity contribution in [3.05, 3.63) is 24.2 Å². The zero-order valence-electron chi connectivity index (χ0n) is 11.5. The monoisotopic (exact) mass is 261 g/mol. The van der Waals surface area contributed by atoms with Gasteiger partial charge in [0.1, 0.15) is 5.52 Å². The second-order valence-corrected chi connectivity index (χ2v) is 4.68. The van der Waals surface area contributed by atoms with Gasteiger partial charge < -0.3 is 10.6 Å². The topological polar surface area (TPSA) is 71.3 Å². The lowest BCUT2D eigenvalue weighted by Gasteiger charge is -2.05. The number of anilines is 1. The van der Waals surface area contributed by atoms with Crippen molar-refractivity contribution in [1.29, 1.82) is 0 Å². The summed E-state index contributed by atoms with van der Waals surface area (Å²) >= 11 is 0. The highest BCUT2D eigenvalue weighted by Crippen LogP contribution is 2.19. The molecule has 0 atom stereocenters. The second-order valence-electron chi connectivity index (χ2n) is 4.68. The molecule has 6 nitrogen and oxygen atoms in total. The van der Waals surface area contributed by atoms with Crippen LogP contribution in [0, 0.1) is 0 Å². The van der Waals surface area contributed by atoms with Crippen LogP contribution >= 0.6 is 0 Å². The highest BCUT2D eigenvalue weighted by molar-refractivity contribution is 5.76. The van der Waals surface area contributed by atoms with Gasteiger partial charge in [-0.15, -0.1) is 0 Å². The van der Waals surface area contributed by atoms with Crippen molar-refractivity contribution in [2.75, 3.05) is 18.9 Å². The minimum atomic E-state index is 0.0100. The smallest absolute Gasteiger partial charge is 0.221 e. The van der Waals surface area contributed by atoms with Crippen LogP contribution in [0.5, 0.6) is 0 Å². The van der Waals surface area contributed by atoms with Gasteiger partial charge in [0.15, 0.2) is 5.82 Å². The SMILES string of the molecule is CNC(=O)CCNc1nccn2nc(C(C)C)cc12. The van der Waals surface area contributed by atoms with Crippen molar-refractivity contribution in [1.82, 2.24) is 19.9 Å². The number of amides is 1. The normalized spacial score (nSPS) is 10.9. The first-order chi connectivity index (χ1) is 9.11. The lowest BCUT2D eigenvalue weighted by Crippen LogP contribution is -2.21. The summed E-state index contributed by atoms with van der Waals surface area (Å²) in [4.78, 5) is 15.5. The Morgan fingerprint density at radius 3 is 2.95 bits per heavy atom. The summed E-state index contributed by atoms with van der Waals surface area (Å²) < 4.78 is 1.81. The predicted molar refractivity (Wildman–Crippen MR) is 74.2 cm³/mol. The molecule has 0 spiro atoms. The van der Waals surface area contributed by atoms with E-state index in [1.807, 2.05) is 16.8 Å². The summed E-state index contributed by atoms with van der Waals surface area (Å²) in [5.74, 6) is 1.14. The van der Waals surface area contributed by atoms with Crippen LogP contribution in [0.1, 0.15) is 31.9 Å². The van der Waals surface area contributed by atoms with Crippen LogP contribution in [0.15, 0.2) is 18.5 Å². The van der Waals surface area contributed by atoms with Crippen LogP contribution in [0.2, 0.25) is 0 Å². The fraction of sp³-hybridized carbons (Fsp3) is 0.462. The van der Waals surface area contributed by atoms with Gasteiger partial charge in [0, 0.05) is 32.4 Å². The molecule has 0 fully saturated rings. The van der Waals surface area contributed by atoms with Crippen LogP contribution in [-0.2, 0) is 4.79 Å². The van der Waals surface area contributed by atoms with Crippen LogP contribution in [0.25, 0.3) is 5.52 Å². The maximum absolute atomic E-state index is 11.2. The van der Waals surface area contributed by atoms with Gasteiger partial charge in [-0.1, -0.05) is 13.8 Å². The molecular formula is C13H19N5O. The van der Waals surface area contributed by atoms with E-state index < -0.39 is 0 Å². The minimum absolute atomic E-state index is 0.0100. The highest BCUT2D eigenvalue weighted by Gasteiger charge is 2.09. The van der Waals surface area contributed by atoms with E-state index >= 15 is 0 Å². The molecule has 0 saturated heterocycles. The molecule has 0 bridgehead atoms. The number of carbonyl (C=O) groups excluding carboxylic acids is 1. The van der Waals surface area contributed by atoms with Gasteiger partial charge in [0.05, 0.1) is 5.69 Å². The van der Waals surface area contributed by atoms with E-state index in [2.05, 4.69) is 34.6 Å². The molecular weight excluding hydrogens is 242 g/mol. The third kappa shape index (κ3) is 3.01. The summed E-state index contributed by atoms with van der Waals surface area (Å²) in [5, 5.41) is 10.3. The van der Waals surface area contributed by atoms with Gasteiger partial charge >= 0.3 is 0 Å². The van der Waals surface area contributed by atoms with Crippen LogP contribution in [0.4, 0.5) is 5.82 Å². The first kappa shape index (κ1) is 13.3. The zero-order chi connectivity index (χ0) is 13.8. The minimum Gasteiger partial charge on any atom is -0.368 e. The average molecular weight is 261 g/mol. The lowest BCUT2D eigenvalue weighted by atomic mass is 10.1. The van der Waals surface area contributed by atoms with E-state index in [9.17, 15) is 4.79 Å². The Hall–Kier alpha value is -2.11. The van der Waals surface area contributed by atoms with E-state index in [4.69, 9.17) is 0 Å². The van der Waals surface area contributed by atoms with E-state index in [-0.39, 0.29) is 5.91 Å². The van der Waals surface area contributed by atoms with Crippen LogP contribution in [0.3, 0.4) is 0 Å². The Morgan fingerprint density at radius 2 is 2.26 bits per heavy atom. The maximum Gasteiger partial charge on any atom is 0.221 e. The van der Waals surface area contributed by atoms with Gasteiger partial charge in [-0.05, 0) is 12.0 Å². The van der Waals surface area contributed by atoms with E-state index in [1.165, 1.54) is 0 Å². The van der Waals surface area contributed by atoms with Crippen molar-refractivity contribution >= 4 is 17.2 Å². The first-order valence-corrected chi connectivity index (χ1v) is 6.40. The van der Waals surface area contributed by atoms with Crippen LogP contribution in [-0.4, -0.2) is 34.1 Å². The fourth-order valence-corrected chi connectivity index (χ4v) is 1.78. The molecule has 19 heavy (non-hydrogen) atoms.